The summed E-state index contributed by atoms with van der Waals surface area (Å²) < 4.78 is 13.1. The summed E-state index contributed by atoms with van der Waals surface area (Å²) in [5.41, 5.74) is 1.36. The molecular formula is C16H15FN2O2. The monoisotopic (exact) mass is 286 g/mol. The summed E-state index contributed by atoms with van der Waals surface area (Å²) in [6, 6.07) is 12.2. The molecule has 0 aromatic heterocycles. The second-order valence-electron chi connectivity index (χ2n) is 4.45. The van der Waals surface area contributed by atoms with E-state index in [1.165, 1.54) is 18.2 Å². The maximum atomic E-state index is 13.1. The van der Waals surface area contributed by atoms with Crippen molar-refractivity contribution in [3.05, 3.63) is 59.9 Å². The van der Waals surface area contributed by atoms with Crippen molar-refractivity contribution in [2.24, 2.45) is 0 Å². The molecule has 0 aliphatic carbocycles. The molecule has 0 fully saturated rings. The number of hydrogen-bond acceptors (Lipinski definition) is 2. The molecule has 2 rings (SSSR count). The quantitative estimate of drug-likeness (QED) is 0.904. The van der Waals surface area contributed by atoms with Crippen molar-refractivity contribution >= 4 is 23.2 Å². The zero-order valence-electron chi connectivity index (χ0n) is 11.5. The molecule has 0 aliphatic rings. The molecule has 2 amide bonds. The number of amides is 2. The lowest BCUT2D eigenvalue weighted by atomic mass is 10.2. The number of rotatable bonds is 4. The van der Waals surface area contributed by atoms with Crippen LogP contribution in [0.15, 0.2) is 48.5 Å². The first kappa shape index (κ1) is 14.7. The van der Waals surface area contributed by atoms with Crippen LogP contribution in [0, 0.1) is 5.82 Å². The smallest absolute Gasteiger partial charge is 0.255 e. The van der Waals surface area contributed by atoms with Crippen LogP contribution in [0.2, 0.25) is 0 Å². The van der Waals surface area contributed by atoms with Crippen LogP contribution < -0.4 is 10.6 Å². The highest BCUT2D eigenvalue weighted by Crippen LogP contribution is 2.16. The Morgan fingerprint density at radius 3 is 2.33 bits per heavy atom. The standard InChI is InChI=1S/C16H15FN2O2/c1-2-15(20)18-13-7-4-8-14(10-13)19-16(21)11-5-3-6-12(17)9-11/h3-10H,2H2,1H3,(H,18,20)(H,19,21). The first-order chi connectivity index (χ1) is 10.1. The van der Waals surface area contributed by atoms with Gasteiger partial charge < -0.3 is 10.6 Å². The van der Waals surface area contributed by atoms with Crippen LogP contribution >= 0.6 is 0 Å². The van der Waals surface area contributed by atoms with Gasteiger partial charge in [-0.2, -0.15) is 0 Å². The Morgan fingerprint density at radius 2 is 1.67 bits per heavy atom. The number of anilines is 2. The van der Waals surface area contributed by atoms with Crippen LogP contribution in [0.3, 0.4) is 0 Å². The van der Waals surface area contributed by atoms with Crippen molar-refractivity contribution in [3.8, 4) is 0 Å². The van der Waals surface area contributed by atoms with Crippen molar-refractivity contribution in [1.29, 1.82) is 0 Å². The van der Waals surface area contributed by atoms with E-state index >= 15 is 0 Å². The zero-order chi connectivity index (χ0) is 15.2. The van der Waals surface area contributed by atoms with E-state index in [4.69, 9.17) is 0 Å². The number of carbonyl (C=O) groups is 2. The highest BCUT2D eigenvalue weighted by molar-refractivity contribution is 6.04. The summed E-state index contributed by atoms with van der Waals surface area (Å²) in [5, 5.41) is 5.36. The van der Waals surface area contributed by atoms with E-state index in [1.807, 2.05) is 0 Å². The van der Waals surface area contributed by atoms with Crippen LogP contribution in [-0.2, 0) is 4.79 Å². The molecule has 2 aromatic carbocycles. The first-order valence-electron chi connectivity index (χ1n) is 6.55. The second kappa shape index (κ2) is 6.65. The van der Waals surface area contributed by atoms with E-state index in [1.54, 1.807) is 31.2 Å². The second-order valence-corrected chi connectivity index (χ2v) is 4.45. The van der Waals surface area contributed by atoms with Gasteiger partial charge in [-0.3, -0.25) is 9.59 Å². The molecule has 0 spiro atoms. The predicted octanol–water partition coefficient (Wildman–Crippen LogP) is 3.43. The minimum atomic E-state index is -0.466. The fraction of sp³-hybridized carbons (Fsp3) is 0.125. The van der Waals surface area contributed by atoms with Gasteiger partial charge in [0.2, 0.25) is 5.91 Å². The Bertz CT molecular complexity index is 671. The molecule has 2 aromatic rings. The van der Waals surface area contributed by atoms with Crippen LogP contribution in [0.1, 0.15) is 23.7 Å². The maximum Gasteiger partial charge on any atom is 0.255 e. The van der Waals surface area contributed by atoms with Crippen molar-refractivity contribution in [1.82, 2.24) is 0 Å². The van der Waals surface area contributed by atoms with Crippen molar-refractivity contribution in [2.45, 2.75) is 13.3 Å². The number of benzene rings is 2. The Balaban J connectivity index is 2.11. The number of hydrogen-bond donors (Lipinski definition) is 2. The zero-order valence-corrected chi connectivity index (χ0v) is 11.5. The van der Waals surface area contributed by atoms with Gasteiger partial charge in [-0.15, -0.1) is 0 Å². The Labute approximate surface area is 122 Å². The van der Waals surface area contributed by atoms with E-state index in [0.717, 1.165) is 6.07 Å². The molecule has 4 nitrogen and oxygen atoms in total. The SMILES string of the molecule is CCC(=O)Nc1cccc(NC(=O)c2cccc(F)c2)c1. The number of halogens is 1. The molecule has 108 valence electrons. The molecule has 2 N–H and O–H groups in total. The van der Waals surface area contributed by atoms with Gasteiger partial charge in [0, 0.05) is 23.4 Å². The molecule has 21 heavy (non-hydrogen) atoms. The van der Waals surface area contributed by atoms with Gasteiger partial charge >= 0.3 is 0 Å². The molecule has 0 heterocycles. The topological polar surface area (TPSA) is 58.2 Å². The summed E-state index contributed by atoms with van der Waals surface area (Å²) in [6.45, 7) is 1.75. The van der Waals surface area contributed by atoms with E-state index in [0.29, 0.717) is 17.8 Å². The third-order valence-electron chi connectivity index (χ3n) is 2.81. The normalized spacial score (nSPS) is 10.0. The Hall–Kier alpha value is -2.69. The Kier molecular flexibility index (Phi) is 4.66. The summed E-state index contributed by atoms with van der Waals surface area (Å²) >= 11 is 0. The molecule has 0 radical (unpaired) electrons. The molecule has 0 atom stereocenters. The predicted molar refractivity (Wildman–Crippen MR) is 79.7 cm³/mol. The van der Waals surface area contributed by atoms with Crippen molar-refractivity contribution in [2.75, 3.05) is 10.6 Å². The van der Waals surface area contributed by atoms with Crippen LogP contribution in [0.25, 0.3) is 0 Å². The molecule has 0 saturated heterocycles. The van der Waals surface area contributed by atoms with E-state index < -0.39 is 11.7 Å². The van der Waals surface area contributed by atoms with E-state index in [-0.39, 0.29) is 11.5 Å². The highest BCUT2D eigenvalue weighted by Gasteiger charge is 2.07. The van der Waals surface area contributed by atoms with Gasteiger partial charge in [-0.1, -0.05) is 19.1 Å². The number of nitrogens with one attached hydrogen (secondary N) is 2. The largest absolute Gasteiger partial charge is 0.326 e. The van der Waals surface area contributed by atoms with Gasteiger partial charge in [-0.25, -0.2) is 4.39 Å². The summed E-state index contributed by atoms with van der Waals surface area (Å²) in [7, 11) is 0. The lowest BCUT2D eigenvalue weighted by molar-refractivity contribution is -0.115. The van der Waals surface area contributed by atoms with Gasteiger partial charge in [0.1, 0.15) is 5.82 Å². The van der Waals surface area contributed by atoms with Gasteiger partial charge in [0.25, 0.3) is 5.91 Å². The molecule has 0 saturated carbocycles. The molecule has 0 bridgehead atoms. The summed E-state index contributed by atoms with van der Waals surface area (Å²) in [5.74, 6) is -0.983. The lowest BCUT2D eigenvalue weighted by Gasteiger charge is -2.08. The third-order valence-corrected chi connectivity index (χ3v) is 2.81. The highest BCUT2D eigenvalue weighted by atomic mass is 19.1. The van der Waals surface area contributed by atoms with Crippen LogP contribution in [0.4, 0.5) is 15.8 Å². The molecular weight excluding hydrogens is 271 g/mol. The third kappa shape index (κ3) is 4.14. The van der Waals surface area contributed by atoms with Gasteiger partial charge in [0.05, 0.1) is 0 Å². The average molecular weight is 286 g/mol. The number of carbonyl (C=O) groups excluding carboxylic acids is 2. The lowest BCUT2D eigenvalue weighted by Crippen LogP contribution is -2.13. The van der Waals surface area contributed by atoms with Crippen molar-refractivity contribution < 1.29 is 14.0 Å². The summed E-state index contributed by atoms with van der Waals surface area (Å²) in [4.78, 5) is 23.3. The molecule has 0 aliphatic heterocycles. The van der Waals surface area contributed by atoms with Gasteiger partial charge in [0.15, 0.2) is 0 Å². The molecule has 5 heteroatoms. The maximum absolute atomic E-state index is 13.1. The first-order valence-corrected chi connectivity index (χ1v) is 6.55. The minimum absolute atomic E-state index is 0.108. The van der Waals surface area contributed by atoms with E-state index in [9.17, 15) is 14.0 Å². The van der Waals surface area contributed by atoms with Gasteiger partial charge in [-0.05, 0) is 36.4 Å². The fourth-order valence-electron chi connectivity index (χ4n) is 1.76. The minimum Gasteiger partial charge on any atom is -0.326 e. The molecule has 0 unspecified atom stereocenters. The average Bonchev–Trinajstić information content (AvgIpc) is 2.47. The van der Waals surface area contributed by atoms with Crippen LogP contribution in [-0.4, -0.2) is 11.8 Å². The summed E-state index contributed by atoms with van der Waals surface area (Å²) in [6.07, 6.45) is 0.375. The van der Waals surface area contributed by atoms with E-state index in [2.05, 4.69) is 10.6 Å². The van der Waals surface area contributed by atoms with Crippen LogP contribution in [0.5, 0.6) is 0 Å². The Morgan fingerprint density at radius 1 is 1.00 bits per heavy atom. The fourth-order valence-corrected chi connectivity index (χ4v) is 1.76. The van der Waals surface area contributed by atoms with Crippen molar-refractivity contribution in [3.63, 3.8) is 0 Å².